The van der Waals surface area contributed by atoms with E-state index >= 15 is 0 Å². The molecule has 8 heteroatoms. The summed E-state index contributed by atoms with van der Waals surface area (Å²) in [6, 6.07) is 5.34. The first kappa shape index (κ1) is 19.0. The number of nitrogens with zero attached hydrogens (tertiary/aromatic N) is 2. The Balaban J connectivity index is 1.79. The number of fused-ring (bicyclic) bond motifs is 3. The van der Waals surface area contributed by atoms with Crippen LogP contribution in [0.2, 0.25) is 0 Å². The molecule has 0 saturated carbocycles. The normalized spacial score (nSPS) is 14.2. The summed E-state index contributed by atoms with van der Waals surface area (Å²) in [6.45, 7) is 4.05. The van der Waals surface area contributed by atoms with Crippen LogP contribution in [-0.4, -0.2) is 16.6 Å². The van der Waals surface area contributed by atoms with E-state index in [2.05, 4.69) is 31.2 Å². The van der Waals surface area contributed by atoms with E-state index in [0.717, 1.165) is 33.7 Å². The quantitative estimate of drug-likeness (QED) is 0.537. The van der Waals surface area contributed by atoms with Crippen molar-refractivity contribution in [1.82, 2.24) is 9.97 Å². The van der Waals surface area contributed by atoms with Crippen LogP contribution in [0, 0.1) is 12.7 Å². The first-order valence-electron chi connectivity index (χ1n) is 8.82. The number of aromatic nitrogens is 2. The van der Waals surface area contributed by atoms with Gasteiger partial charge in [0.1, 0.15) is 28.7 Å². The third-order valence-electron chi connectivity index (χ3n) is 4.82. The van der Waals surface area contributed by atoms with Gasteiger partial charge in [0.05, 0.1) is 18.2 Å². The molecule has 2 heterocycles. The molecule has 1 aromatic heterocycles. The summed E-state index contributed by atoms with van der Waals surface area (Å²) in [5.74, 6) is 0.842. The monoisotopic (exact) mass is 451 g/mol. The van der Waals surface area contributed by atoms with Gasteiger partial charge in [-0.25, -0.2) is 23.1 Å². The lowest BCUT2D eigenvalue weighted by Gasteiger charge is -2.19. The Morgan fingerprint density at radius 2 is 1.96 bits per heavy atom. The van der Waals surface area contributed by atoms with Gasteiger partial charge in [0, 0.05) is 27.4 Å². The van der Waals surface area contributed by atoms with E-state index in [9.17, 15) is 13.2 Å². The van der Waals surface area contributed by atoms with E-state index in [0.29, 0.717) is 23.8 Å². The second-order valence-electron chi connectivity index (χ2n) is 6.70. The Labute approximate surface area is 168 Å². The van der Waals surface area contributed by atoms with Crippen LogP contribution in [0.25, 0.3) is 10.9 Å². The average molecular weight is 452 g/mol. The molecule has 1 atom stereocenters. The number of alkyl halides is 2. The molecule has 0 amide bonds. The first-order chi connectivity index (χ1) is 13.4. The predicted octanol–water partition coefficient (Wildman–Crippen LogP) is 5.89. The van der Waals surface area contributed by atoms with E-state index in [1.54, 1.807) is 13.8 Å². The minimum Gasteiger partial charge on any atom is -0.491 e. The van der Waals surface area contributed by atoms with Crippen LogP contribution < -0.4 is 10.1 Å². The van der Waals surface area contributed by atoms with E-state index in [4.69, 9.17) is 4.74 Å². The smallest absolute Gasteiger partial charge is 0.266 e. The lowest BCUT2D eigenvalue weighted by atomic mass is 10.0. The summed E-state index contributed by atoms with van der Waals surface area (Å²) >= 11 is 3.56. The molecular formula is C20H17BrF3N3O. The molecule has 1 aliphatic heterocycles. The highest BCUT2D eigenvalue weighted by atomic mass is 79.9. The summed E-state index contributed by atoms with van der Waals surface area (Å²) in [4.78, 5) is 8.97. The summed E-state index contributed by atoms with van der Waals surface area (Å²) < 4.78 is 47.2. The third kappa shape index (κ3) is 3.19. The van der Waals surface area contributed by atoms with Gasteiger partial charge in [-0.3, -0.25) is 0 Å². The molecule has 0 saturated heterocycles. The van der Waals surface area contributed by atoms with Crippen LogP contribution in [0.3, 0.4) is 0 Å². The molecule has 0 radical (unpaired) electrons. The number of anilines is 1. The highest BCUT2D eigenvalue weighted by Gasteiger charge is 2.24. The zero-order valence-corrected chi connectivity index (χ0v) is 16.8. The molecule has 0 fully saturated rings. The van der Waals surface area contributed by atoms with Crippen LogP contribution in [0.1, 0.15) is 41.9 Å². The van der Waals surface area contributed by atoms with Gasteiger partial charge in [-0.1, -0.05) is 34.1 Å². The Morgan fingerprint density at radius 3 is 2.71 bits per heavy atom. The number of benzene rings is 2. The maximum absolute atomic E-state index is 14.5. The molecule has 146 valence electrons. The summed E-state index contributed by atoms with van der Waals surface area (Å²) in [5.41, 5.74) is 1.28. The van der Waals surface area contributed by atoms with Crippen molar-refractivity contribution in [3.8, 4) is 5.75 Å². The Bertz CT molecular complexity index is 1070. The molecule has 3 aromatic rings. The number of rotatable bonds is 4. The lowest BCUT2D eigenvalue weighted by molar-refractivity contribution is 0.146. The third-order valence-corrected chi connectivity index (χ3v) is 5.53. The van der Waals surface area contributed by atoms with Gasteiger partial charge in [0.25, 0.3) is 6.43 Å². The summed E-state index contributed by atoms with van der Waals surface area (Å²) in [7, 11) is 0. The topological polar surface area (TPSA) is 47.0 Å². The predicted molar refractivity (Wildman–Crippen MR) is 105 cm³/mol. The minimum atomic E-state index is -2.87. The fourth-order valence-corrected chi connectivity index (χ4v) is 4.07. The standard InChI is InChI=1S/C20H17BrF3N3O/c1-9(11-4-3-5-13(16(11)22)19(23)24)25-20-14-8-15(21)12-6-7-28-18(12)17(14)26-10(2)27-20/h3-5,8-9,19H,6-7H2,1-2H3,(H,25,26,27)/t9-/m1/s1. The van der Waals surface area contributed by atoms with Crippen molar-refractivity contribution < 1.29 is 17.9 Å². The van der Waals surface area contributed by atoms with Crippen molar-refractivity contribution in [2.45, 2.75) is 32.7 Å². The van der Waals surface area contributed by atoms with E-state index < -0.39 is 23.8 Å². The largest absolute Gasteiger partial charge is 0.491 e. The van der Waals surface area contributed by atoms with Crippen LogP contribution in [-0.2, 0) is 6.42 Å². The molecule has 0 bridgehead atoms. The number of halogens is 4. The van der Waals surface area contributed by atoms with Crippen molar-refractivity contribution in [3.63, 3.8) is 0 Å². The SMILES string of the molecule is Cc1nc(N[C@H](C)c2cccc(C(F)F)c2F)c2cc(Br)c3c(c2n1)OCC3. The minimum absolute atomic E-state index is 0.152. The number of nitrogens with one attached hydrogen (secondary N) is 1. The number of aryl methyl sites for hydroxylation is 1. The molecule has 4 nitrogen and oxygen atoms in total. The molecule has 28 heavy (non-hydrogen) atoms. The van der Waals surface area contributed by atoms with Crippen molar-refractivity contribution in [2.75, 3.05) is 11.9 Å². The second kappa shape index (κ2) is 7.24. The van der Waals surface area contributed by atoms with Gasteiger partial charge in [-0.05, 0) is 19.9 Å². The van der Waals surface area contributed by atoms with E-state index in [-0.39, 0.29) is 5.56 Å². The second-order valence-corrected chi connectivity index (χ2v) is 7.55. The fraction of sp³-hybridized carbons (Fsp3) is 0.300. The average Bonchev–Trinajstić information content (AvgIpc) is 3.13. The summed E-state index contributed by atoms with van der Waals surface area (Å²) in [6.07, 6.45) is -2.08. The number of hydrogen-bond donors (Lipinski definition) is 1. The Hall–Kier alpha value is -2.35. The molecule has 1 N–H and O–H groups in total. The highest BCUT2D eigenvalue weighted by Crippen LogP contribution is 2.41. The molecule has 0 aliphatic carbocycles. The zero-order chi connectivity index (χ0) is 20.0. The highest BCUT2D eigenvalue weighted by molar-refractivity contribution is 9.10. The Kier molecular flexibility index (Phi) is 4.91. The maximum atomic E-state index is 14.5. The van der Waals surface area contributed by atoms with Crippen molar-refractivity contribution in [1.29, 1.82) is 0 Å². The molecule has 4 rings (SSSR count). The van der Waals surface area contributed by atoms with Crippen molar-refractivity contribution >= 4 is 32.7 Å². The van der Waals surface area contributed by atoms with Gasteiger partial charge < -0.3 is 10.1 Å². The van der Waals surface area contributed by atoms with E-state index in [1.165, 1.54) is 12.1 Å². The van der Waals surface area contributed by atoms with Crippen LogP contribution >= 0.6 is 15.9 Å². The fourth-order valence-electron chi connectivity index (χ4n) is 3.46. The van der Waals surface area contributed by atoms with Gasteiger partial charge in [-0.2, -0.15) is 0 Å². The van der Waals surface area contributed by atoms with Gasteiger partial charge in [0.15, 0.2) is 0 Å². The first-order valence-corrected chi connectivity index (χ1v) is 9.61. The number of hydrogen-bond acceptors (Lipinski definition) is 4. The summed E-state index contributed by atoms with van der Waals surface area (Å²) in [5, 5.41) is 3.87. The van der Waals surface area contributed by atoms with Gasteiger partial charge in [0.2, 0.25) is 0 Å². The van der Waals surface area contributed by atoms with Crippen LogP contribution in [0.4, 0.5) is 19.0 Å². The maximum Gasteiger partial charge on any atom is 0.266 e. The van der Waals surface area contributed by atoms with Crippen LogP contribution in [0.15, 0.2) is 28.7 Å². The molecular weight excluding hydrogens is 435 g/mol. The zero-order valence-electron chi connectivity index (χ0n) is 15.2. The molecule has 1 aliphatic rings. The van der Waals surface area contributed by atoms with Crippen molar-refractivity contribution in [3.05, 3.63) is 57.1 Å². The van der Waals surface area contributed by atoms with Gasteiger partial charge >= 0.3 is 0 Å². The van der Waals surface area contributed by atoms with Crippen LogP contribution in [0.5, 0.6) is 5.75 Å². The van der Waals surface area contributed by atoms with Gasteiger partial charge in [-0.15, -0.1) is 0 Å². The molecule has 0 spiro atoms. The van der Waals surface area contributed by atoms with Crippen molar-refractivity contribution in [2.24, 2.45) is 0 Å². The number of ether oxygens (including phenoxy) is 1. The molecule has 0 unspecified atom stereocenters. The van der Waals surface area contributed by atoms with E-state index in [1.807, 2.05) is 6.07 Å². The lowest BCUT2D eigenvalue weighted by Crippen LogP contribution is -2.12. The molecule has 2 aromatic carbocycles. The Morgan fingerprint density at radius 1 is 1.21 bits per heavy atom.